The van der Waals surface area contributed by atoms with Gasteiger partial charge in [-0.25, -0.2) is 0 Å². The lowest BCUT2D eigenvalue weighted by Crippen LogP contribution is -2.51. The number of carbonyl (C=O) groups excluding carboxylic acids is 1. The van der Waals surface area contributed by atoms with Crippen molar-refractivity contribution in [3.63, 3.8) is 0 Å². The summed E-state index contributed by atoms with van der Waals surface area (Å²) in [6.07, 6.45) is 0.314. The van der Waals surface area contributed by atoms with Crippen molar-refractivity contribution in [2.24, 2.45) is 5.41 Å². The highest BCUT2D eigenvalue weighted by Gasteiger charge is 2.43. The smallest absolute Gasteiger partial charge is 0.306 e. The summed E-state index contributed by atoms with van der Waals surface area (Å²) in [6, 6.07) is 17.0. The molecule has 0 N–H and O–H groups in total. The molecular formula is C25H27NO6. The van der Waals surface area contributed by atoms with E-state index >= 15 is 0 Å². The zero-order chi connectivity index (χ0) is 22.4. The number of esters is 1. The van der Waals surface area contributed by atoms with Gasteiger partial charge in [0.25, 0.3) is 0 Å². The van der Waals surface area contributed by atoms with Crippen molar-refractivity contribution in [2.45, 2.75) is 18.8 Å². The van der Waals surface area contributed by atoms with Crippen LogP contribution >= 0.6 is 0 Å². The Labute approximate surface area is 187 Å². The third-order valence-electron chi connectivity index (χ3n) is 5.90. The number of ether oxygens (including phenoxy) is 5. The van der Waals surface area contributed by atoms with Gasteiger partial charge in [-0.15, -0.1) is 0 Å². The maximum Gasteiger partial charge on any atom is 0.306 e. The molecule has 0 radical (unpaired) electrons. The van der Waals surface area contributed by atoms with Crippen LogP contribution in [0.2, 0.25) is 0 Å². The van der Waals surface area contributed by atoms with Crippen LogP contribution in [0.4, 0.5) is 0 Å². The zero-order valence-electron chi connectivity index (χ0n) is 18.2. The van der Waals surface area contributed by atoms with Gasteiger partial charge in [0.15, 0.2) is 0 Å². The molecule has 7 heteroatoms. The van der Waals surface area contributed by atoms with Crippen LogP contribution in [0, 0.1) is 16.7 Å². The lowest BCUT2D eigenvalue weighted by Gasteiger charge is -2.41. The topological polar surface area (TPSA) is 87.0 Å². The SMILES string of the molecule is CCOC(=O)CC1(c2ccc(OCC3(COc4ccc(C#N)cc4)COC3)cc2)COC1. The van der Waals surface area contributed by atoms with Crippen LogP contribution in [0.25, 0.3) is 0 Å². The number of nitrogens with zero attached hydrogens (tertiary/aromatic N) is 1. The Morgan fingerprint density at radius 1 is 0.938 bits per heavy atom. The van der Waals surface area contributed by atoms with E-state index < -0.39 is 0 Å². The Balaban J connectivity index is 1.32. The minimum atomic E-state index is -0.317. The Morgan fingerprint density at radius 3 is 1.94 bits per heavy atom. The van der Waals surface area contributed by atoms with E-state index in [4.69, 9.17) is 28.9 Å². The van der Waals surface area contributed by atoms with Gasteiger partial charge in [0.2, 0.25) is 0 Å². The third kappa shape index (κ3) is 4.87. The highest BCUT2D eigenvalue weighted by atomic mass is 16.5. The van der Waals surface area contributed by atoms with Crippen LogP contribution in [0.1, 0.15) is 24.5 Å². The minimum absolute atomic E-state index is 0.203. The lowest BCUT2D eigenvalue weighted by atomic mass is 9.76. The second-order valence-electron chi connectivity index (χ2n) is 8.49. The van der Waals surface area contributed by atoms with Gasteiger partial charge in [0.05, 0.1) is 61.9 Å². The molecule has 0 atom stereocenters. The van der Waals surface area contributed by atoms with Gasteiger partial charge >= 0.3 is 5.97 Å². The van der Waals surface area contributed by atoms with Crippen molar-refractivity contribution < 1.29 is 28.5 Å². The predicted octanol–water partition coefficient (Wildman–Crippen LogP) is 3.25. The molecule has 0 spiro atoms. The monoisotopic (exact) mass is 437 g/mol. The van der Waals surface area contributed by atoms with Gasteiger partial charge in [-0.1, -0.05) is 12.1 Å². The van der Waals surface area contributed by atoms with Crippen molar-refractivity contribution in [1.29, 1.82) is 5.26 Å². The molecule has 2 heterocycles. The molecule has 0 aliphatic carbocycles. The average Bonchev–Trinajstić information content (AvgIpc) is 2.76. The zero-order valence-corrected chi connectivity index (χ0v) is 18.2. The van der Waals surface area contributed by atoms with Crippen molar-refractivity contribution in [3.8, 4) is 17.6 Å². The summed E-state index contributed by atoms with van der Waals surface area (Å²) >= 11 is 0. The first-order chi connectivity index (χ1) is 15.6. The molecular weight excluding hydrogens is 410 g/mol. The van der Waals surface area contributed by atoms with E-state index in [2.05, 4.69) is 6.07 Å². The van der Waals surface area contributed by atoms with E-state index in [-0.39, 0.29) is 16.8 Å². The first-order valence-electron chi connectivity index (χ1n) is 10.7. The average molecular weight is 437 g/mol. The molecule has 2 fully saturated rings. The third-order valence-corrected chi connectivity index (χ3v) is 5.90. The quantitative estimate of drug-likeness (QED) is 0.527. The summed E-state index contributed by atoms with van der Waals surface area (Å²) in [5, 5.41) is 8.90. The number of nitriles is 1. The number of rotatable bonds is 10. The standard InChI is InChI=1S/C25H27NO6/c1-2-30-23(27)11-25(17-29-18-25)20-5-9-22(10-6-20)32-16-24(13-28-14-24)15-31-21-7-3-19(12-26)4-8-21/h3-10H,2,11,13-18H2,1H3. The minimum Gasteiger partial charge on any atom is -0.493 e. The molecule has 0 unspecified atom stereocenters. The Kier molecular flexibility index (Phi) is 6.63. The Hall–Kier alpha value is -3.08. The highest BCUT2D eigenvalue weighted by molar-refractivity contribution is 5.72. The number of carbonyl (C=O) groups is 1. The van der Waals surface area contributed by atoms with E-state index in [0.717, 1.165) is 11.3 Å². The van der Waals surface area contributed by atoms with Gasteiger partial charge in [0, 0.05) is 0 Å². The molecule has 2 aliphatic rings. The maximum absolute atomic E-state index is 12.0. The first-order valence-corrected chi connectivity index (χ1v) is 10.7. The fourth-order valence-corrected chi connectivity index (χ4v) is 3.81. The maximum atomic E-state index is 12.0. The molecule has 2 aliphatic heterocycles. The van der Waals surface area contributed by atoms with Crippen LogP contribution in [0.5, 0.6) is 11.5 Å². The normalized spacial score (nSPS) is 17.9. The predicted molar refractivity (Wildman–Crippen MR) is 116 cm³/mol. The molecule has 2 saturated heterocycles. The largest absolute Gasteiger partial charge is 0.493 e. The van der Waals surface area contributed by atoms with Gasteiger partial charge in [-0.2, -0.15) is 5.26 Å². The number of benzene rings is 2. The van der Waals surface area contributed by atoms with E-state index in [1.807, 2.05) is 31.2 Å². The van der Waals surface area contributed by atoms with Crippen LogP contribution in [0.15, 0.2) is 48.5 Å². The molecule has 7 nitrogen and oxygen atoms in total. The molecule has 32 heavy (non-hydrogen) atoms. The molecule has 4 rings (SSSR count). The van der Waals surface area contributed by atoms with Gasteiger partial charge < -0.3 is 23.7 Å². The molecule has 2 aromatic rings. The van der Waals surface area contributed by atoms with Crippen LogP contribution in [0.3, 0.4) is 0 Å². The molecule has 2 aromatic carbocycles. The van der Waals surface area contributed by atoms with E-state index in [1.165, 1.54) is 0 Å². The van der Waals surface area contributed by atoms with Crippen molar-refractivity contribution in [3.05, 3.63) is 59.7 Å². The fraction of sp³-hybridized carbons (Fsp3) is 0.440. The van der Waals surface area contributed by atoms with Crippen molar-refractivity contribution >= 4 is 5.97 Å². The summed E-state index contributed by atoms with van der Waals surface area (Å²) in [5.74, 6) is 1.27. The van der Waals surface area contributed by atoms with Gasteiger partial charge in [-0.05, 0) is 48.9 Å². The lowest BCUT2D eigenvalue weighted by molar-refractivity contribution is -0.151. The van der Waals surface area contributed by atoms with Crippen LogP contribution in [-0.2, 0) is 24.4 Å². The van der Waals surface area contributed by atoms with Crippen LogP contribution in [-0.4, -0.2) is 52.2 Å². The number of hydrogen-bond acceptors (Lipinski definition) is 7. The van der Waals surface area contributed by atoms with Gasteiger partial charge in [-0.3, -0.25) is 4.79 Å². The summed E-state index contributed by atoms with van der Waals surface area (Å²) in [7, 11) is 0. The first kappa shape index (κ1) is 22.1. The van der Waals surface area contributed by atoms with Gasteiger partial charge in [0.1, 0.15) is 24.7 Å². The Bertz CT molecular complexity index is 955. The fourth-order valence-electron chi connectivity index (χ4n) is 3.81. The summed E-state index contributed by atoms with van der Waals surface area (Å²) in [5.41, 5.74) is 1.13. The second kappa shape index (κ2) is 9.60. The summed E-state index contributed by atoms with van der Waals surface area (Å²) < 4.78 is 27.9. The highest BCUT2D eigenvalue weighted by Crippen LogP contribution is 2.37. The van der Waals surface area contributed by atoms with E-state index in [9.17, 15) is 4.79 Å². The van der Waals surface area contributed by atoms with Crippen molar-refractivity contribution in [2.75, 3.05) is 46.2 Å². The van der Waals surface area contributed by atoms with E-state index in [1.54, 1.807) is 24.3 Å². The molecule has 168 valence electrons. The number of hydrogen-bond donors (Lipinski definition) is 0. The molecule has 0 saturated carbocycles. The molecule has 0 bridgehead atoms. The Morgan fingerprint density at radius 2 is 1.50 bits per heavy atom. The molecule has 0 aromatic heterocycles. The summed E-state index contributed by atoms with van der Waals surface area (Å²) in [6.45, 7) is 5.30. The van der Waals surface area contributed by atoms with Crippen LogP contribution < -0.4 is 9.47 Å². The summed E-state index contributed by atoms with van der Waals surface area (Å²) in [4.78, 5) is 12.0. The molecule has 0 amide bonds. The second-order valence-corrected chi connectivity index (χ2v) is 8.49. The van der Waals surface area contributed by atoms with Crippen molar-refractivity contribution in [1.82, 2.24) is 0 Å². The van der Waals surface area contributed by atoms with E-state index in [0.29, 0.717) is 64.0 Å².